The van der Waals surface area contributed by atoms with Crippen molar-refractivity contribution in [3.05, 3.63) is 77.7 Å². The number of methoxy groups -OCH3 is 1. The number of imidazole rings is 1. The van der Waals surface area contributed by atoms with Gasteiger partial charge in [-0.1, -0.05) is 47.7 Å². The van der Waals surface area contributed by atoms with Crippen LogP contribution >= 0.6 is 11.3 Å². The Kier molecular flexibility index (Phi) is 8.08. The lowest BCUT2D eigenvalue weighted by Gasteiger charge is -2.28. The average molecular weight is 532 g/mol. The summed E-state index contributed by atoms with van der Waals surface area (Å²) in [6.45, 7) is 2.74. The predicted octanol–water partition coefficient (Wildman–Crippen LogP) is 6.23. The number of hydrogen-bond acceptors (Lipinski definition) is 6. The average Bonchev–Trinajstić information content (AvgIpc) is 3.53. The van der Waals surface area contributed by atoms with E-state index in [1.165, 1.54) is 5.56 Å². The van der Waals surface area contributed by atoms with Gasteiger partial charge in [-0.05, 0) is 73.3 Å². The van der Waals surface area contributed by atoms with Gasteiger partial charge in [-0.25, -0.2) is 4.98 Å². The third-order valence-corrected chi connectivity index (χ3v) is 8.32. The molecule has 38 heavy (non-hydrogen) atoms. The fourth-order valence-corrected chi connectivity index (χ4v) is 6.10. The van der Waals surface area contributed by atoms with Crippen LogP contribution < -0.4 is 10.1 Å². The van der Waals surface area contributed by atoms with Crippen molar-refractivity contribution >= 4 is 28.2 Å². The van der Waals surface area contributed by atoms with Crippen molar-refractivity contribution in [3.8, 4) is 16.2 Å². The van der Waals surface area contributed by atoms with Gasteiger partial charge in [0.1, 0.15) is 11.4 Å². The maximum atomic E-state index is 12.6. The highest BCUT2D eigenvalue weighted by atomic mass is 32.1. The normalized spacial score (nSPS) is 17.3. The molecule has 0 saturated heterocycles. The first-order chi connectivity index (χ1) is 18.5. The monoisotopic (exact) mass is 531 g/mol. The van der Waals surface area contributed by atoms with Crippen molar-refractivity contribution in [1.29, 1.82) is 0 Å². The van der Waals surface area contributed by atoms with Crippen LogP contribution in [0.5, 0.6) is 5.75 Å². The first-order valence-electron chi connectivity index (χ1n) is 13.2. The van der Waals surface area contributed by atoms with Crippen LogP contribution in [0, 0.1) is 5.92 Å². The molecule has 4 aromatic rings. The summed E-state index contributed by atoms with van der Waals surface area (Å²) in [5, 5.41) is 2.93. The summed E-state index contributed by atoms with van der Waals surface area (Å²) < 4.78 is 12.2. The second-order valence-electron chi connectivity index (χ2n) is 9.79. The Labute approximate surface area is 226 Å². The van der Waals surface area contributed by atoms with E-state index >= 15 is 0 Å². The number of aromatic nitrogens is 2. The minimum absolute atomic E-state index is 0.0658. The molecule has 2 aromatic heterocycles. The minimum Gasteiger partial charge on any atom is -0.497 e. The minimum atomic E-state index is -0.195. The Morgan fingerprint density at radius 1 is 1.03 bits per heavy atom. The van der Waals surface area contributed by atoms with Crippen molar-refractivity contribution in [3.63, 3.8) is 0 Å². The molecule has 0 spiro atoms. The van der Waals surface area contributed by atoms with E-state index in [2.05, 4.69) is 34.6 Å². The number of thiazole rings is 1. The van der Waals surface area contributed by atoms with Crippen LogP contribution in [0.2, 0.25) is 0 Å². The molecule has 0 aliphatic heterocycles. The Morgan fingerprint density at radius 2 is 1.76 bits per heavy atom. The molecule has 1 N–H and O–H groups in total. The molecule has 2 heterocycles. The molecule has 198 valence electrons. The van der Waals surface area contributed by atoms with Crippen LogP contribution in [-0.4, -0.2) is 35.0 Å². The molecule has 0 bridgehead atoms. The standard InChI is InChI=1S/C30H33N3O4S/c1-3-37-28(34)16-20-4-8-22(9-5-20)23-10-12-24(13-11-23)27-19-33-18-26(32-30(33)38-27)29(35)31-17-21-6-14-25(36-2)15-7-21/h6-7,10-15,18-20,22H,3-5,8-9,16-17H2,1-2H3,(H,31,35). The molecule has 7 nitrogen and oxygen atoms in total. The molecule has 5 rings (SSSR count). The van der Waals surface area contributed by atoms with Crippen LogP contribution in [0.4, 0.5) is 0 Å². The first-order valence-corrected chi connectivity index (χ1v) is 14.0. The summed E-state index contributed by atoms with van der Waals surface area (Å²) in [5.74, 6) is 1.52. The van der Waals surface area contributed by atoms with Gasteiger partial charge in [0.2, 0.25) is 0 Å². The van der Waals surface area contributed by atoms with Gasteiger partial charge in [0.05, 0.1) is 18.6 Å². The molecule has 0 unspecified atom stereocenters. The summed E-state index contributed by atoms with van der Waals surface area (Å²) in [4.78, 5) is 30.9. The largest absolute Gasteiger partial charge is 0.497 e. The zero-order valence-electron chi connectivity index (χ0n) is 21.8. The fourth-order valence-electron chi connectivity index (χ4n) is 5.13. The molecule has 1 aliphatic carbocycles. The van der Waals surface area contributed by atoms with Crippen molar-refractivity contribution in [1.82, 2.24) is 14.7 Å². The zero-order valence-corrected chi connectivity index (χ0v) is 22.6. The number of benzene rings is 2. The van der Waals surface area contributed by atoms with E-state index in [4.69, 9.17) is 9.47 Å². The predicted molar refractivity (Wildman–Crippen MR) is 149 cm³/mol. The first kappa shape index (κ1) is 26.0. The second-order valence-corrected chi connectivity index (χ2v) is 10.8. The smallest absolute Gasteiger partial charge is 0.306 e. The number of amides is 1. The quantitative estimate of drug-likeness (QED) is 0.259. The molecule has 0 radical (unpaired) electrons. The van der Waals surface area contributed by atoms with Crippen LogP contribution in [-0.2, 0) is 16.1 Å². The van der Waals surface area contributed by atoms with Gasteiger partial charge in [0.25, 0.3) is 5.91 Å². The molecule has 1 aliphatic rings. The highest BCUT2D eigenvalue weighted by molar-refractivity contribution is 7.20. The number of rotatable bonds is 9. The van der Waals surface area contributed by atoms with Gasteiger partial charge in [-0.15, -0.1) is 0 Å². The molecule has 1 saturated carbocycles. The van der Waals surface area contributed by atoms with E-state index in [0.29, 0.717) is 37.1 Å². The topological polar surface area (TPSA) is 81.9 Å². The summed E-state index contributed by atoms with van der Waals surface area (Å²) in [5.41, 5.74) is 3.91. The van der Waals surface area contributed by atoms with Crippen LogP contribution in [0.1, 0.15) is 66.6 Å². The van der Waals surface area contributed by atoms with Gasteiger partial charge in [-0.2, -0.15) is 0 Å². The Morgan fingerprint density at radius 3 is 2.42 bits per heavy atom. The lowest BCUT2D eigenvalue weighted by atomic mass is 9.77. The van der Waals surface area contributed by atoms with Crippen LogP contribution in [0.3, 0.4) is 0 Å². The van der Waals surface area contributed by atoms with Gasteiger partial charge in [0.15, 0.2) is 4.96 Å². The molecular weight excluding hydrogens is 498 g/mol. The molecule has 0 atom stereocenters. The van der Waals surface area contributed by atoms with E-state index in [9.17, 15) is 9.59 Å². The number of nitrogens with zero attached hydrogens (tertiary/aromatic N) is 2. The highest BCUT2D eigenvalue weighted by Crippen LogP contribution is 2.38. The number of nitrogens with one attached hydrogen (secondary N) is 1. The maximum absolute atomic E-state index is 12.6. The lowest BCUT2D eigenvalue weighted by molar-refractivity contribution is -0.144. The van der Waals surface area contributed by atoms with Gasteiger partial charge in [-0.3, -0.25) is 14.0 Å². The maximum Gasteiger partial charge on any atom is 0.306 e. The number of esters is 1. The van der Waals surface area contributed by atoms with Gasteiger partial charge in [0, 0.05) is 25.4 Å². The summed E-state index contributed by atoms with van der Waals surface area (Å²) in [6, 6.07) is 16.4. The van der Waals surface area contributed by atoms with E-state index in [1.54, 1.807) is 24.6 Å². The molecular formula is C30H33N3O4S. The molecule has 8 heteroatoms. The summed E-state index contributed by atoms with van der Waals surface area (Å²) in [6.07, 6.45) is 8.72. The lowest BCUT2D eigenvalue weighted by Crippen LogP contribution is -2.23. The molecule has 1 amide bonds. The van der Waals surface area contributed by atoms with Gasteiger partial charge >= 0.3 is 5.97 Å². The van der Waals surface area contributed by atoms with Crippen molar-refractivity contribution in [2.24, 2.45) is 5.92 Å². The van der Waals surface area contributed by atoms with E-state index < -0.39 is 0 Å². The Balaban J connectivity index is 1.16. The Bertz CT molecular complexity index is 1350. The summed E-state index contributed by atoms with van der Waals surface area (Å²) in [7, 11) is 1.63. The number of carbonyl (C=O) groups is 2. The zero-order chi connectivity index (χ0) is 26.5. The van der Waals surface area contributed by atoms with Crippen molar-refractivity contribution in [2.45, 2.75) is 51.5 Å². The number of fused-ring (bicyclic) bond motifs is 1. The summed E-state index contributed by atoms with van der Waals surface area (Å²) >= 11 is 1.57. The molecule has 1 fully saturated rings. The van der Waals surface area contributed by atoms with Gasteiger partial charge < -0.3 is 14.8 Å². The fraction of sp³-hybridized carbons (Fsp3) is 0.367. The van der Waals surface area contributed by atoms with E-state index in [1.807, 2.05) is 41.8 Å². The third kappa shape index (κ3) is 6.07. The van der Waals surface area contributed by atoms with Crippen molar-refractivity contribution in [2.75, 3.05) is 13.7 Å². The molecule has 2 aromatic carbocycles. The SMILES string of the molecule is CCOC(=O)CC1CCC(c2ccc(-c3cn4cc(C(=O)NCc5ccc(OC)cc5)nc4s3)cc2)CC1. The highest BCUT2D eigenvalue weighted by Gasteiger charge is 2.24. The number of ether oxygens (including phenoxy) is 2. The van der Waals surface area contributed by atoms with E-state index in [-0.39, 0.29) is 11.9 Å². The van der Waals surface area contributed by atoms with Crippen molar-refractivity contribution < 1.29 is 19.1 Å². The van der Waals surface area contributed by atoms with Crippen LogP contribution in [0.15, 0.2) is 60.9 Å². The second kappa shape index (κ2) is 11.8. The number of carbonyl (C=O) groups excluding carboxylic acids is 2. The number of hydrogen-bond donors (Lipinski definition) is 1. The Hall–Kier alpha value is -3.65. The third-order valence-electron chi connectivity index (χ3n) is 7.27. The van der Waals surface area contributed by atoms with E-state index in [0.717, 1.165) is 52.4 Å². The van der Waals surface area contributed by atoms with Crippen LogP contribution in [0.25, 0.3) is 15.4 Å².